The lowest BCUT2D eigenvalue weighted by Crippen LogP contribution is -2.44. The molecule has 0 radical (unpaired) electrons. The molecule has 5 unspecified atom stereocenters. The van der Waals surface area contributed by atoms with E-state index in [1.807, 2.05) is 42.7 Å². The van der Waals surface area contributed by atoms with E-state index in [1.165, 1.54) is 242 Å². The summed E-state index contributed by atoms with van der Waals surface area (Å²) in [6, 6.07) is 52.0. The van der Waals surface area contributed by atoms with Crippen LogP contribution in [0.3, 0.4) is 0 Å². The molecule has 794 valence electrons. The molecule has 21 nitrogen and oxygen atoms in total. The second kappa shape index (κ2) is 73.9. The van der Waals surface area contributed by atoms with E-state index in [0.29, 0.717) is 0 Å². The van der Waals surface area contributed by atoms with Gasteiger partial charge in [-0.1, -0.05) is 271 Å². The fraction of sp³-hybridized carbons (Fsp3) is 0.640. The average Bonchev–Trinajstić information content (AvgIpc) is 1.74. The molecular formula is C111H190N9O12S5Si2-5. The molecule has 28 heteroatoms. The zero-order valence-corrected chi connectivity index (χ0v) is 98.0. The van der Waals surface area contributed by atoms with Crippen LogP contribution in [-0.4, -0.2) is 132 Å². The lowest BCUT2D eigenvalue weighted by atomic mass is 10.0. The van der Waals surface area contributed by atoms with E-state index in [9.17, 15) is 43.8 Å². The Hall–Kier alpha value is -6.10. The van der Waals surface area contributed by atoms with Gasteiger partial charge in [-0.25, -0.2) is 0 Å². The Bertz CT molecular complexity index is 4350. The summed E-state index contributed by atoms with van der Waals surface area (Å²) >= 11 is -9.66. The van der Waals surface area contributed by atoms with E-state index in [2.05, 4.69) is 258 Å². The standard InChI is InChI=1S/C29H57NO2Si2.C19H25N.C15H21N.C14H22N4.C14H20N2.5C4H10O2S/c1-12-13-14-15-16-17-26-18-20-27(21-19-26)30(22-24-31-33(8,9)28(2,3)4)23-25-32-34(10,11)29(5,6)7;1-2-3-4-5-7-10-17-13-15-19(16-14-17)20-18-11-8-6-9-12-18;1-2-3-4-5-6-7-13-8-9-15-14(12-13)10-11-16-15;1-2-3-4-5-6-7-13-8-10-14(11-9-13)18-17-12-16-15;1-2-3-4-5-6-7-12-8-9-14-13(10-12)11-15-16-14;5*1-4(2,3)7(5)6/h18-21H,12-17,22-25H2,1-11H3;6,8-9,11-16,20H,2-5,7,10H2,1H3;8-12,16H,2-7H2,1H3;8-12H,2-7,15H2,1H3;8-11H,2-7H2,1H3,(H,15,16);5*1-3H3,(H,5,6)/p-5. The molecule has 0 aliphatic heterocycles. The Morgan fingerprint density at radius 1 is 0.381 bits per heavy atom. The van der Waals surface area contributed by atoms with Crippen molar-refractivity contribution in [3.63, 3.8) is 0 Å². The second-order valence-electron chi connectivity index (χ2n) is 43.5. The summed E-state index contributed by atoms with van der Waals surface area (Å²) in [5.74, 6) is 4.92. The van der Waals surface area contributed by atoms with Gasteiger partial charge in [0.15, 0.2) is 23.0 Å². The minimum atomic E-state index is -1.93. The molecule has 8 aromatic rings. The number of nitrogens with one attached hydrogen (secondary N) is 3. The normalized spacial score (nSPS) is 13.0. The number of anilines is 3. The minimum absolute atomic E-state index is 0.238. The summed E-state index contributed by atoms with van der Waals surface area (Å²) in [4.78, 5) is 5.69. The largest absolute Gasteiger partial charge is 0.772 e. The maximum atomic E-state index is 10.0. The van der Waals surface area contributed by atoms with Gasteiger partial charge in [0, 0.05) is 71.0 Å². The Morgan fingerprint density at radius 3 is 1.00 bits per heavy atom. The molecule has 6 aromatic carbocycles. The first-order valence-electron chi connectivity index (χ1n) is 51.1. The van der Waals surface area contributed by atoms with E-state index in [1.54, 1.807) is 104 Å². The summed E-state index contributed by atoms with van der Waals surface area (Å²) in [6.45, 7) is 62.6. The fourth-order valence-corrected chi connectivity index (χ4v) is 13.9. The number of nitrogens with two attached hydrogens (primary N) is 1. The number of hydrogen-bond donors (Lipinski definition) is 4. The number of aromatic amines is 2. The molecule has 5 atom stereocenters. The van der Waals surface area contributed by atoms with Gasteiger partial charge in [0.1, 0.15) is 0 Å². The van der Waals surface area contributed by atoms with Crippen molar-refractivity contribution in [2.45, 2.75) is 433 Å². The first kappa shape index (κ1) is 135. The third-order valence-corrected chi connectivity index (χ3v) is 37.4. The highest BCUT2D eigenvalue weighted by Crippen LogP contribution is 2.38. The monoisotopic (exact) mass is 2060 g/mol. The zero-order valence-electron chi connectivity index (χ0n) is 91.9. The van der Waals surface area contributed by atoms with Crippen molar-refractivity contribution in [3.05, 3.63) is 186 Å². The third kappa shape index (κ3) is 68.8. The van der Waals surface area contributed by atoms with Crippen molar-refractivity contribution >= 4 is 123 Å². The van der Waals surface area contributed by atoms with Crippen LogP contribution in [-0.2, 0) is 96.4 Å². The first-order valence-corrected chi connectivity index (χ1v) is 62.3. The Balaban J connectivity index is 0. The van der Waals surface area contributed by atoms with E-state index in [4.69, 9.17) is 14.7 Å². The Kier molecular flexibility index (Phi) is 71.7. The Labute approximate surface area is 860 Å². The van der Waals surface area contributed by atoms with Gasteiger partial charge >= 0.3 is 0 Å². The summed E-state index contributed by atoms with van der Waals surface area (Å²) in [7, 11) is -3.49. The molecule has 0 aliphatic rings. The van der Waals surface area contributed by atoms with Gasteiger partial charge in [0.05, 0.1) is 30.6 Å². The zero-order chi connectivity index (χ0) is 106. The van der Waals surface area contributed by atoms with Crippen LogP contribution >= 0.6 is 0 Å². The smallest absolute Gasteiger partial charge is 0.192 e. The topological polar surface area (TPSA) is 342 Å². The van der Waals surface area contributed by atoms with E-state index < -0.39 is 95.8 Å². The highest BCUT2D eigenvalue weighted by molar-refractivity contribution is 7.81. The number of unbranched alkanes of at least 4 members (excludes halogenated alkanes) is 20. The number of aromatic nitrogens is 3. The SMILES string of the molecule is CC(C)(C)S(=O)[O-].CC(C)(C)S(=O)[O-].CC(C)(C)S(=O)[O-].CC(C)(C)S(=O)[O-].CC(C)(C)S(=O)[O-].CCCCCCCc1ccc(N(CCO[Si](C)(C)C(C)(C)C)CCO[Si](C)(C)C(C)(C)C)cc1.CCCCCCCc1ccc(N=NC=NN)cc1.CCCCCCCc1ccc(Nc2ccccc2)cc1.CCCCCCCc1ccc2[nH]ccc2c1.CCCCCCCc1ccc2[nH]ncc2c1. The summed E-state index contributed by atoms with van der Waals surface area (Å²) < 4.78 is 110. The number of aryl methyl sites for hydroxylation is 5. The van der Waals surface area contributed by atoms with Crippen LogP contribution in [0, 0.1) is 0 Å². The predicted octanol–water partition coefficient (Wildman–Crippen LogP) is 31.3. The molecule has 0 saturated heterocycles. The molecule has 0 aliphatic carbocycles. The number of hydrazone groups is 1. The Morgan fingerprint density at radius 2 is 0.676 bits per heavy atom. The number of hydrogen-bond acceptors (Lipinski definition) is 18. The van der Waals surface area contributed by atoms with Crippen LogP contribution in [0.4, 0.5) is 22.7 Å². The molecule has 0 bridgehead atoms. The summed E-state index contributed by atoms with van der Waals surface area (Å²) in [6.07, 6.45) is 44.6. The second-order valence-corrected chi connectivity index (χ2v) is 61.5. The number of benzene rings is 6. The quantitative estimate of drug-likeness (QED) is 0.00403. The molecule has 139 heavy (non-hydrogen) atoms. The van der Waals surface area contributed by atoms with Crippen LogP contribution in [0.1, 0.15) is 368 Å². The van der Waals surface area contributed by atoms with Gasteiger partial charge in [-0.15, -0.1) is 10.2 Å². The van der Waals surface area contributed by atoms with Gasteiger partial charge in [0.2, 0.25) is 0 Å². The van der Waals surface area contributed by atoms with Gasteiger partial charge in [-0.3, -0.25) is 26.1 Å². The molecule has 2 heterocycles. The number of nitrogens with zero attached hydrogens (tertiary/aromatic N) is 5. The van der Waals surface area contributed by atoms with Gasteiger partial charge in [-0.05, 0) is 372 Å². The first-order chi connectivity index (χ1) is 64.9. The lowest BCUT2D eigenvalue weighted by Gasteiger charge is -2.38. The van der Waals surface area contributed by atoms with Crippen LogP contribution in [0.5, 0.6) is 0 Å². The number of rotatable bonds is 43. The molecule has 5 N–H and O–H groups in total. The highest BCUT2D eigenvalue weighted by atomic mass is 32.2. The number of fused-ring (bicyclic) bond motifs is 2. The number of azo groups is 1. The fourth-order valence-electron chi connectivity index (χ4n) is 11.9. The molecule has 0 spiro atoms. The number of para-hydroxylation sites is 1. The summed E-state index contributed by atoms with van der Waals surface area (Å²) in [5.41, 5.74) is 14.0. The molecule has 0 amide bonds. The van der Waals surface area contributed by atoms with E-state index in [-0.39, 0.29) is 10.1 Å². The minimum Gasteiger partial charge on any atom is -0.772 e. The van der Waals surface area contributed by atoms with Crippen molar-refractivity contribution in [3.8, 4) is 0 Å². The van der Waals surface area contributed by atoms with Gasteiger partial charge < -0.3 is 52.7 Å². The molecule has 0 saturated carbocycles. The molecule has 0 fully saturated rings. The number of H-pyrrole nitrogens is 2. The van der Waals surface area contributed by atoms with E-state index >= 15 is 0 Å². The average molecular weight is 2060 g/mol. The predicted molar refractivity (Wildman–Crippen MR) is 605 cm³/mol. The van der Waals surface area contributed by atoms with Gasteiger partial charge in [-0.2, -0.15) is 10.2 Å². The van der Waals surface area contributed by atoms with E-state index in [0.717, 1.165) is 55.3 Å². The van der Waals surface area contributed by atoms with Crippen molar-refractivity contribution in [1.82, 2.24) is 15.2 Å². The van der Waals surface area contributed by atoms with Crippen LogP contribution in [0.15, 0.2) is 173 Å². The van der Waals surface area contributed by atoms with Crippen molar-refractivity contribution in [1.29, 1.82) is 0 Å². The lowest BCUT2D eigenvalue weighted by molar-refractivity contribution is 0.276. The van der Waals surface area contributed by atoms with Crippen molar-refractivity contribution < 1.29 is 52.7 Å². The van der Waals surface area contributed by atoms with Gasteiger partial charge in [0.25, 0.3) is 0 Å². The third-order valence-electron chi connectivity index (χ3n) is 23.3. The highest BCUT2D eigenvalue weighted by Gasteiger charge is 2.38. The van der Waals surface area contributed by atoms with Crippen LogP contribution < -0.4 is 16.1 Å². The van der Waals surface area contributed by atoms with Crippen LogP contribution in [0.2, 0.25) is 36.3 Å². The van der Waals surface area contributed by atoms with Crippen LogP contribution in [0.25, 0.3) is 21.8 Å². The maximum absolute atomic E-state index is 10.0. The maximum Gasteiger partial charge on any atom is 0.192 e. The molecule has 8 rings (SSSR count). The molecule has 2 aromatic heterocycles. The summed E-state index contributed by atoms with van der Waals surface area (Å²) in [5, 5.41) is 24.4. The van der Waals surface area contributed by atoms with Crippen molar-refractivity contribution in [2.24, 2.45) is 21.2 Å². The molecular weight excluding hydrogens is 1870 g/mol. The van der Waals surface area contributed by atoms with Crippen molar-refractivity contribution in [2.75, 3.05) is 36.5 Å².